The minimum Gasteiger partial charge on any atom is -0.351 e. The van der Waals surface area contributed by atoms with Crippen LogP contribution in [-0.4, -0.2) is 11.4 Å². The van der Waals surface area contributed by atoms with Crippen LogP contribution in [0.25, 0.3) is 0 Å². The maximum absolute atomic E-state index is 4.33. The summed E-state index contributed by atoms with van der Waals surface area (Å²) in [6, 6.07) is 0. The van der Waals surface area contributed by atoms with Crippen molar-refractivity contribution in [3.05, 3.63) is 12.3 Å². The molecular formula is C7H12N2. The van der Waals surface area contributed by atoms with E-state index in [1.165, 1.54) is 0 Å². The Morgan fingerprint density at radius 2 is 2.22 bits per heavy atom. The Labute approximate surface area is 55.7 Å². The summed E-state index contributed by atoms with van der Waals surface area (Å²) < 4.78 is 0. The molecule has 0 aromatic rings. The third-order valence-corrected chi connectivity index (χ3v) is 1.24. The lowest BCUT2D eigenvalue weighted by molar-refractivity contribution is 0.640. The highest BCUT2D eigenvalue weighted by molar-refractivity contribution is 5.81. The highest BCUT2D eigenvalue weighted by Crippen LogP contribution is 2.12. The number of hydrogen-bond donors (Lipinski definition) is 1. The summed E-state index contributed by atoms with van der Waals surface area (Å²) in [5.41, 5.74) is -0.00463. The van der Waals surface area contributed by atoms with Gasteiger partial charge in [-0.3, -0.25) is 4.99 Å². The molecule has 0 spiro atoms. The van der Waals surface area contributed by atoms with Gasteiger partial charge in [-0.05, 0) is 26.8 Å². The van der Waals surface area contributed by atoms with E-state index in [9.17, 15) is 0 Å². The number of nitrogens with zero attached hydrogens (tertiary/aromatic N) is 1. The number of nitrogens with one attached hydrogen (secondary N) is 1. The third-order valence-electron chi connectivity index (χ3n) is 1.24. The van der Waals surface area contributed by atoms with Crippen molar-refractivity contribution in [3.8, 4) is 0 Å². The van der Waals surface area contributed by atoms with E-state index in [0.29, 0.717) is 0 Å². The summed E-state index contributed by atoms with van der Waals surface area (Å²) in [4.78, 5) is 4.33. The van der Waals surface area contributed by atoms with Crippen molar-refractivity contribution in [2.45, 2.75) is 26.3 Å². The second kappa shape index (κ2) is 1.87. The van der Waals surface area contributed by atoms with Gasteiger partial charge in [-0.1, -0.05) is 0 Å². The van der Waals surface area contributed by atoms with Crippen LogP contribution in [0, 0.1) is 0 Å². The zero-order chi connectivity index (χ0) is 6.91. The van der Waals surface area contributed by atoms with E-state index in [1.807, 2.05) is 19.2 Å². The molecule has 1 heterocycles. The van der Waals surface area contributed by atoms with Crippen molar-refractivity contribution in [2.24, 2.45) is 4.99 Å². The van der Waals surface area contributed by atoms with Gasteiger partial charge < -0.3 is 5.32 Å². The van der Waals surface area contributed by atoms with Crippen molar-refractivity contribution >= 4 is 5.84 Å². The number of aliphatic imine (C=N–C) groups is 1. The Bertz CT molecular complexity index is 166. The Kier molecular flexibility index (Phi) is 1.31. The largest absolute Gasteiger partial charge is 0.351 e. The lowest BCUT2D eigenvalue weighted by Crippen LogP contribution is -2.27. The highest BCUT2D eigenvalue weighted by atomic mass is 15.0. The molecular weight excluding hydrogens is 112 g/mol. The second-order valence-electron chi connectivity index (χ2n) is 2.83. The van der Waals surface area contributed by atoms with E-state index in [0.717, 1.165) is 5.84 Å². The van der Waals surface area contributed by atoms with Crippen LogP contribution in [0.15, 0.2) is 17.3 Å². The van der Waals surface area contributed by atoms with Crippen LogP contribution >= 0.6 is 0 Å². The summed E-state index contributed by atoms with van der Waals surface area (Å²) >= 11 is 0. The molecule has 9 heavy (non-hydrogen) atoms. The smallest absolute Gasteiger partial charge is 0.0981 e. The van der Waals surface area contributed by atoms with Gasteiger partial charge in [0.1, 0.15) is 0 Å². The Morgan fingerprint density at radius 1 is 1.56 bits per heavy atom. The van der Waals surface area contributed by atoms with E-state index >= 15 is 0 Å². The predicted molar refractivity (Wildman–Crippen MR) is 39.5 cm³/mol. The molecule has 1 aliphatic rings. The topological polar surface area (TPSA) is 24.4 Å². The van der Waals surface area contributed by atoms with Crippen molar-refractivity contribution in [3.63, 3.8) is 0 Å². The molecule has 0 amide bonds. The van der Waals surface area contributed by atoms with Gasteiger partial charge in [0.2, 0.25) is 0 Å². The van der Waals surface area contributed by atoms with Crippen molar-refractivity contribution in [1.82, 2.24) is 5.32 Å². The SMILES string of the molecule is CC1=NC(C)(C)C=CN1. The molecule has 0 radical (unpaired) electrons. The van der Waals surface area contributed by atoms with E-state index in [4.69, 9.17) is 0 Å². The van der Waals surface area contributed by atoms with Gasteiger partial charge in [0, 0.05) is 6.20 Å². The summed E-state index contributed by atoms with van der Waals surface area (Å²) in [6.07, 6.45) is 3.97. The highest BCUT2D eigenvalue weighted by Gasteiger charge is 2.13. The van der Waals surface area contributed by atoms with Gasteiger partial charge in [0.25, 0.3) is 0 Å². The molecule has 0 atom stereocenters. The molecule has 50 valence electrons. The summed E-state index contributed by atoms with van der Waals surface area (Å²) in [5.74, 6) is 0.988. The molecule has 1 rings (SSSR count). The quantitative estimate of drug-likeness (QED) is 0.517. The first-order valence-corrected chi connectivity index (χ1v) is 3.11. The van der Waals surface area contributed by atoms with Gasteiger partial charge in [0.05, 0.1) is 11.4 Å². The van der Waals surface area contributed by atoms with Crippen LogP contribution in [0.2, 0.25) is 0 Å². The van der Waals surface area contributed by atoms with Gasteiger partial charge in [0.15, 0.2) is 0 Å². The average molecular weight is 124 g/mol. The Morgan fingerprint density at radius 3 is 2.56 bits per heavy atom. The van der Waals surface area contributed by atoms with Crippen LogP contribution in [-0.2, 0) is 0 Å². The molecule has 0 aliphatic carbocycles. The van der Waals surface area contributed by atoms with Crippen molar-refractivity contribution < 1.29 is 0 Å². The van der Waals surface area contributed by atoms with Crippen LogP contribution in [0.5, 0.6) is 0 Å². The summed E-state index contributed by atoms with van der Waals surface area (Å²) in [5, 5.41) is 3.01. The van der Waals surface area contributed by atoms with E-state index in [1.54, 1.807) is 0 Å². The number of rotatable bonds is 0. The van der Waals surface area contributed by atoms with Gasteiger partial charge in [-0.2, -0.15) is 0 Å². The third kappa shape index (κ3) is 1.56. The lowest BCUT2D eigenvalue weighted by atomic mass is 10.1. The Hall–Kier alpha value is -0.790. The fraction of sp³-hybridized carbons (Fsp3) is 0.571. The van der Waals surface area contributed by atoms with E-state index in [-0.39, 0.29) is 5.54 Å². The number of hydrogen-bond acceptors (Lipinski definition) is 2. The molecule has 0 saturated carbocycles. The predicted octanol–water partition coefficient (Wildman–Crippen LogP) is 1.30. The fourth-order valence-electron chi connectivity index (χ4n) is 0.868. The van der Waals surface area contributed by atoms with E-state index < -0.39 is 0 Å². The maximum Gasteiger partial charge on any atom is 0.0981 e. The Balaban J connectivity index is 2.78. The maximum atomic E-state index is 4.33. The molecule has 0 unspecified atom stereocenters. The molecule has 0 saturated heterocycles. The second-order valence-corrected chi connectivity index (χ2v) is 2.83. The van der Waals surface area contributed by atoms with Gasteiger partial charge in [-0.15, -0.1) is 0 Å². The monoisotopic (exact) mass is 124 g/mol. The first-order chi connectivity index (χ1) is 4.10. The molecule has 0 bridgehead atoms. The molecule has 0 aromatic carbocycles. The van der Waals surface area contributed by atoms with Crippen molar-refractivity contribution in [2.75, 3.05) is 0 Å². The lowest BCUT2D eigenvalue weighted by Gasteiger charge is -2.19. The minimum absolute atomic E-state index is 0.00463. The fourth-order valence-corrected chi connectivity index (χ4v) is 0.868. The molecule has 2 heteroatoms. The zero-order valence-corrected chi connectivity index (χ0v) is 6.10. The first-order valence-electron chi connectivity index (χ1n) is 3.11. The molecule has 1 aliphatic heterocycles. The molecule has 1 N–H and O–H groups in total. The summed E-state index contributed by atoms with van der Waals surface area (Å²) in [6.45, 7) is 6.12. The van der Waals surface area contributed by atoms with Crippen LogP contribution < -0.4 is 5.32 Å². The average Bonchev–Trinajstić information content (AvgIpc) is 1.60. The zero-order valence-electron chi connectivity index (χ0n) is 6.10. The normalized spacial score (nSPS) is 22.8. The van der Waals surface area contributed by atoms with Gasteiger partial charge in [-0.25, -0.2) is 0 Å². The van der Waals surface area contributed by atoms with Gasteiger partial charge >= 0.3 is 0 Å². The summed E-state index contributed by atoms with van der Waals surface area (Å²) in [7, 11) is 0. The van der Waals surface area contributed by atoms with Crippen molar-refractivity contribution in [1.29, 1.82) is 0 Å². The number of amidine groups is 1. The molecule has 2 nitrogen and oxygen atoms in total. The minimum atomic E-state index is -0.00463. The standard InChI is InChI=1S/C7H12N2/c1-6-8-5-4-7(2,3)9-6/h4-5H,1-3H3,(H,8,9). The first kappa shape index (κ1) is 6.33. The van der Waals surface area contributed by atoms with E-state index in [2.05, 4.69) is 24.2 Å². The van der Waals surface area contributed by atoms with Crippen LogP contribution in [0.1, 0.15) is 20.8 Å². The van der Waals surface area contributed by atoms with Crippen LogP contribution in [0.3, 0.4) is 0 Å². The molecule has 0 fully saturated rings. The molecule has 0 aromatic heterocycles. The van der Waals surface area contributed by atoms with Crippen LogP contribution in [0.4, 0.5) is 0 Å².